The summed E-state index contributed by atoms with van der Waals surface area (Å²) in [4.78, 5) is 11.7. The first-order valence-corrected chi connectivity index (χ1v) is 8.50. The Labute approximate surface area is 91.6 Å². The molecule has 0 saturated carbocycles. The summed E-state index contributed by atoms with van der Waals surface area (Å²) >= 11 is 2.08. The van der Waals surface area contributed by atoms with Gasteiger partial charge in [-0.3, -0.25) is 0 Å². The molecule has 0 heterocycles. The van der Waals surface area contributed by atoms with Crippen molar-refractivity contribution in [3.05, 3.63) is 0 Å². The Bertz CT molecular complexity index is 220. The van der Waals surface area contributed by atoms with E-state index in [9.17, 15) is 4.89 Å². The second kappa shape index (κ2) is 8.31. The average molecular weight is 251 g/mol. The first-order valence-electron chi connectivity index (χ1n) is 3.70. The van der Waals surface area contributed by atoms with E-state index in [1.165, 1.54) is 0 Å². The van der Waals surface area contributed by atoms with E-state index in [1.54, 1.807) is 0 Å². The summed E-state index contributed by atoms with van der Waals surface area (Å²) in [6, 6.07) is 3.86. The lowest BCUT2D eigenvalue weighted by Crippen LogP contribution is -1.98. The maximum Gasteiger partial charge on any atom is 0.463 e. The van der Waals surface area contributed by atoms with Gasteiger partial charge in [-0.25, -0.2) is 0 Å². The maximum atomic E-state index is 11.7. The van der Waals surface area contributed by atoms with Crippen LogP contribution in [0.2, 0.25) is 0 Å². The lowest BCUT2D eigenvalue weighted by Gasteiger charge is -2.06. The highest BCUT2D eigenvalue weighted by Gasteiger charge is 2.45. The van der Waals surface area contributed by atoms with Crippen LogP contribution in [0.3, 0.4) is 0 Å². The molecular formula is C6H10N3O2PS2+. The van der Waals surface area contributed by atoms with Crippen molar-refractivity contribution < 1.29 is 9.52 Å². The van der Waals surface area contributed by atoms with Crippen molar-refractivity contribution in [2.45, 2.75) is 12.8 Å². The van der Waals surface area contributed by atoms with Crippen molar-refractivity contribution >= 4 is 28.9 Å². The van der Waals surface area contributed by atoms with E-state index in [0.29, 0.717) is 24.3 Å². The van der Waals surface area contributed by atoms with Gasteiger partial charge >= 0.3 is 6.12 Å². The Balaban J connectivity index is 3.81. The van der Waals surface area contributed by atoms with Gasteiger partial charge in [-0.05, 0) is 0 Å². The van der Waals surface area contributed by atoms with Crippen LogP contribution in [-0.4, -0.2) is 11.5 Å². The number of hydrogen-bond acceptors (Lipinski definition) is 6. The van der Waals surface area contributed by atoms with Crippen molar-refractivity contribution in [2.24, 2.45) is 5.90 Å². The average Bonchev–Trinajstić information content (AvgIpc) is 2.19. The Morgan fingerprint density at radius 3 is 1.93 bits per heavy atom. The summed E-state index contributed by atoms with van der Waals surface area (Å²) in [6.07, 6.45) is -2.35. The molecular weight excluding hydrogens is 241 g/mol. The van der Waals surface area contributed by atoms with E-state index < -0.39 is 6.12 Å². The molecule has 0 fully saturated rings. The molecule has 5 nitrogen and oxygen atoms in total. The van der Waals surface area contributed by atoms with E-state index in [1.807, 2.05) is 12.1 Å². The number of nitrogens with two attached hydrogens (primary N) is 1. The van der Waals surface area contributed by atoms with E-state index in [2.05, 4.69) is 4.62 Å². The molecule has 0 aromatic carbocycles. The summed E-state index contributed by atoms with van der Waals surface area (Å²) in [5.41, 5.74) is 0. The predicted molar refractivity (Wildman–Crippen MR) is 58.3 cm³/mol. The number of nitriles is 2. The van der Waals surface area contributed by atoms with Gasteiger partial charge in [-0.2, -0.15) is 16.4 Å². The fourth-order valence-corrected chi connectivity index (χ4v) is 6.00. The monoisotopic (exact) mass is 251 g/mol. The van der Waals surface area contributed by atoms with Crippen LogP contribution < -0.4 is 5.90 Å². The zero-order valence-corrected chi connectivity index (χ0v) is 9.91. The van der Waals surface area contributed by atoms with Gasteiger partial charge in [0.2, 0.25) is 0 Å². The molecule has 0 amide bonds. The van der Waals surface area contributed by atoms with Crippen LogP contribution in [0.5, 0.6) is 0 Å². The van der Waals surface area contributed by atoms with E-state index >= 15 is 0 Å². The number of rotatable bonds is 7. The van der Waals surface area contributed by atoms with Gasteiger partial charge in [-0.1, -0.05) is 4.62 Å². The molecule has 0 aliphatic rings. The van der Waals surface area contributed by atoms with E-state index in [-0.39, 0.29) is 0 Å². The van der Waals surface area contributed by atoms with Crippen molar-refractivity contribution in [1.29, 1.82) is 10.5 Å². The molecule has 0 bridgehead atoms. The molecule has 0 atom stereocenters. The van der Waals surface area contributed by atoms with E-state index in [4.69, 9.17) is 16.4 Å². The summed E-state index contributed by atoms with van der Waals surface area (Å²) in [5.74, 6) is 5.74. The third-order valence-electron chi connectivity index (χ3n) is 1.06. The molecule has 2 N–H and O–H groups in total. The smallest absolute Gasteiger partial charge is 0.198 e. The summed E-state index contributed by atoms with van der Waals surface area (Å²) in [5, 5.41) is 16.5. The minimum atomic E-state index is -2.95. The third-order valence-corrected chi connectivity index (χ3v) is 8.13. The first-order chi connectivity index (χ1) is 6.68. The molecule has 0 spiro atoms. The number of hydrogen-bond donors (Lipinski definition) is 1. The van der Waals surface area contributed by atoms with Gasteiger partial charge in [-0.15, -0.1) is 0 Å². The molecule has 0 aliphatic carbocycles. The van der Waals surface area contributed by atoms with Crippen LogP contribution in [-0.2, 0) is 9.52 Å². The zero-order valence-electron chi connectivity index (χ0n) is 7.38. The molecule has 77 valence electrons. The highest BCUT2D eigenvalue weighted by molar-refractivity contribution is 8.91. The molecule has 0 aromatic rings. The van der Waals surface area contributed by atoms with Crippen LogP contribution in [0.15, 0.2) is 0 Å². The molecule has 0 rings (SSSR count). The van der Waals surface area contributed by atoms with Crippen LogP contribution in [0.4, 0.5) is 0 Å². The van der Waals surface area contributed by atoms with Crippen molar-refractivity contribution in [2.75, 3.05) is 11.5 Å². The van der Waals surface area contributed by atoms with Gasteiger partial charge in [0, 0.05) is 17.7 Å². The van der Waals surface area contributed by atoms with Crippen molar-refractivity contribution in [3.63, 3.8) is 0 Å². The van der Waals surface area contributed by atoms with Crippen molar-refractivity contribution in [1.82, 2.24) is 0 Å². The number of nitrogens with zero attached hydrogens (tertiary/aromatic N) is 2. The van der Waals surface area contributed by atoms with Gasteiger partial charge in [0.1, 0.15) is 0 Å². The molecule has 8 heteroatoms. The molecule has 0 aliphatic heterocycles. The quantitative estimate of drug-likeness (QED) is 0.423. The Kier molecular flexibility index (Phi) is 8.30. The fourth-order valence-electron chi connectivity index (χ4n) is 0.504. The second-order valence-corrected chi connectivity index (χ2v) is 9.60. The third kappa shape index (κ3) is 6.44. The second-order valence-electron chi connectivity index (χ2n) is 2.04. The Morgan fingerprint density at radius 1 is 1.21 bits per heavy atom. The van der Waals surface area contributed by atoms with Crippen LogP contribution in [0, 0.1) is 22.7 Å². The minimum Gasteiger partial charge on any atom is -0.198 e. The summed E-state index contributed by atoms with van der Waals surface area (Å²) in [6.45, 7) is 0. The fraction of sp³-hybridized carbons (Fsp3) is 0.667. The summed E-state index contributed by atoms with van der Waals surface area (Å²) in [7, 11) is 0. The van der Waals surface area contributed by atoms with Gasteiger partial charge in [0.25, 0.3) is 0 Å². The predicted octanol–water partition coefficient (Wildman–Crippen LogP) is 2.28. The van der Waals surface area contributed by atoms with E-state index in [0.717, 1.165) is 22.8 Å². The Morgan fingerprint density at radius 2 is 1.64 bits per heavy atom. The van der Waals surface area contributed by atoms with Gasteiger partial charge in [0.05, 0.1) is 46.4 Å². The molecule has 1 radical (unpaired) electrons. The lowest BCUT2D eigenvalue weighted by atomic mass is 10.6. The normalized spacial score (nSPS) is 10.6. The minimum absolute atomic E-state index is 0.302. The Hall–Kier alpha value is -0.0100. The standard InChI is InChI=1S/C6H10N3O2PS2/c7-3-1-5-13-12(10,11-9)14-6-2-4-8/h1-2,5-6,9H2/q+1. The SMILES string of the molecule is N#CCCS[P+]([O])(ON)SCCC#N. The highest BCUT2D eigenvalue weighted by Crippen LogP contribution is 2.77. The largest absolute Gasteiger partial charge is 0.463 e. The van der Waals surface area contributed by atoms with Crippen molar-refractivity contribution in [3.8, 4) is 12.1 Å². The molecule has 0 saturated heterocycles. The molecule has 0 aromatic heterocycles. The molecule has 14 heavy (non-hydrogen) atoms. The maximum absolute atomic E-state index is 11.7. The topological polar surface area (TPSA) is 103 Å². The van der Waals surface area contributed by atoms with Crippen LogP contribution in [0.1, 0.15) is 12.8 Å². The first kappa shape index (κ1) is 14.0. The lowest BCUT2D eigenvalue weighted by molar-refractivity contribution is 0.305. The zero-order chi connectivity index (χ0) is 10.9. The van der Waals surface area contributed by atoms with Gasteiger partial charge < -0.3 is 0 Å². The van der Waals surface area contributed by atoms with Gasteiger partial charge in [0.15, 0.2) is 0 Å². The molecule has 0 unspecified atom stereocenters. The van der Waals surface area contributed by atoms with Crippen LogP contribution in [0.25, 0.3) is 0 Å². The highest BCUT2D eigenvalue weighted by atomic mass is 33.1. The summed E-state index contributed by atoms with van der Waals surface area (Å²) < 4.78 is 4.39. The van der Waals surface area contributed by atoms with Crippen LogP contribution >= 0.6 is 28.9 Å².